The maximum Gasteiger partial charge on any atom is 0.156 e. The number of hydrogen-bond donors (Lipinski definition) is 1. The molecule has 0 aliphatic rings. The molecule has 0 amide bonds. The van der Waals surface area contributed by atoms with Crippen LogP contribution in [-0.4, -0.2) is 20.0 Å². The summed E-state index contributed by atoms with van der Waals surface area (Å²) in [6.07, 6.45) is 1.73. The van der Waals surface area contributed by atoms with Gasteiger partial charge in [0.05, 0.1) is 0 Å². The zero-order valence-electron chi connectivity index (χ0n) is 8.40. The summed E-state index contributed by atoms with van der Waals surface area (Å²) in [6, 6.07) is 1.83. The number of nitrogen functional groups attached to an aromatic ring is 1. The maximum absolute atomic E-state index is 5.60. The van der Waals surface area contributed by atoms with E-state index in [0.29, 0.717) is 10.4 Å². The summed E-state index contributed by atoms with van der Waals surface area (Å²) in [6.45, 7) is 1.98. The Morgan fingerprint density at radius 1 is 1.47 bits per heavy atom. The van der Waals surface area contributed by atoms with Crippen LogP contribution in [0.25, 0.3) is 11.3 Å². The molecule has 2 aromatic heterocycles. The lowest BCUT2D eigenvalue weighted by molar-refractivity contribution is 0.719. The molecule has 0 saturated heterocycles. The fourth-order valence-corrected chi connectivity index (χ4v) is 1.98. The number of nitrogens with zero attached hydrogens (tertiary/aromatic N) is 4. The second-order valence-electron chi connectivity index (χ2n) is 3.28. The first-order valence-electron chi connectivity index (χ1n) is 4.37. The van der Waals surface area contributed by atoms with Crippen LogP contribution in [0.3, 0.4) is 0 Å². The van der Waals surface area contributed by atoms with Crippen LogP contribution in [0, 0.1) is 6.92 Å². The number of hydrogen-bond acceptors (Lipinski definition) is 4. The molecule has 0 bridgehead atoms. The van der Waals surface area contributed by atoms with E-state index in [1.807, 2.05) is 20.0 Å². The number of rotatable bonds is 1. The number of aryl methyl sites for hydroxylation is 2. The van der Waals surface area contributed by atoms with Gasteiger partial charge in [-0.05, 0) is 34.5 Å². The number of nitrogens with two attached hydrogens (primary N) is 1. The Labute approximate surface area is 95.4 Å². The minimum Gasteiger partial charge on any atom is -0.384 e. The lowest BCUT2D eigenvalue weighted by Gasteiger charge is -2.05. The number of pyridine rings is 1. The quantitative estimate of drug-likeness (QED) is 0.851. The first kappa shape index (κ1) is 10.1. The Kier molecular flexibility index (Phi) is 2.44. The highest BCUT2D eigenvalue weighted by molar-refractivity contribution is 9.10. The van der Waals surface area contributed by atoms with Crippen molar-refractivity contribution >= 4 is 21.7 Å². The molecule has 2 N–H and O–H groups in total. The fraction of sp³-hybridized carbons (Fsp3) is 0.222. The van der Waals surface area contributed by atoms with E-state index in [2.05, 4.69) is 31.2 Å². The van der Waals surface area contributed by atoms with E-state index in [0.717, 1.165) is 16.8 Å². The van der Waals surface area contributed by atoms with Gasteiger partial charge in [-0.2, -0.15) is 0 Å². The highest BCUT2D eigenvalue weighted by Gasteiger charge is 2.13. The van der Waals surface area contributed by atoms with E-state index >= 15 is 0 Å². The minimum absolute atomic E-state index is 0.516. The van der Waals surface area contributed by atoms with E-state index in [4.69, 9.17) is 5.73 Å². The van der Waals surface area contributed by atoms with Gasteiger partial charge in [-0.15, -0.1) is 5.10 Å². The SMILES string of the molecule is Cc1cc(N)ncc1-c1c(Br)nnn1C. The summed E-state index contributed by atoms with van der Waals surface area (Å²) in [5.41, 5.74) is 8.52. The van der Waals surface area contributed by atoms with Crippen molar-refractivity contribution in [3.63, 3.8) is 0 Å². The molecule has 0 spiro atoms. The van der Waals surface area contributed by atoms with E-state index < -0.39 is 0 Å². The average molecular weight is 268 g/mol. The smallest absolute Gasteiger partial charge is 0.156 e. The summed E-state index contributed by atoms with van der Waals surface area (Å²) < 4.78 is 2.41. The molecule has 2 rings (SSSR count). The van der Waals surface area contributed by atoms with Crippen LogP contribution in [0.4, 0.5) is 5.82 Å². The molecule has 2 aromatic rings. The van der Waals surface area contributed by atoms with Crippen LogP contribution in [0.1, 0.15) is 5.56 Å². The normalized spacial score (nSPS) is 10.6. The van der Waals surface area contributed by atoms with Crippen LogP contribution < -0.4 is 5.73 Å². The minimum atomic E-state index is 0.516. The third-order valence-electron chi connectivity index (χ3n) is 2.17. The molecule has 0 aliphatic carbocycles. The molecule has 0 aliphatic heterocycles. The zero-order valence-corrected chi connectivity index (χ0v) is 9.98. The first-order chi connectivity index (χ1) is 7.09. The van der Waals surface area contributed by atoms with Gasteiger partial charge in [0.2, 0.25) is 0 Å². The van der Waals surface area contributed by atoms with Crippen molar-refractivity contribution in [3.05, 3.63) is 22.4 Å². The van der Waals surface area contributed by atoms with Gasteiger partial charge in [0, 0.05) is 18.8 Å². The second kappa shape index (κ2) is 3.62. The molecule has 6 heteroatoms. The van der Waals surface area contributed by atoms with Crippen LogP contribution in [0.5, 0.6) is 0 Å². The molecule has 2 heterocycles. The Bertz CT molecular complexity index is 486. The highest BCUT2D eigenvalue weighted by Crippen LogP contribution is 2.28. The highest BCUT2D eigenvalue weighted by atomic mass is 79.9. The predicted molar refractivity (Wildman–Crippen MR) is 61.1 cm³/mol. The number of anilines is 1. The molecule has 0 unspecified atom stereocenters. The van der Waals surface area contributed by atoms with Crippen molar-refractivity contribution in [2.45, 2.75) is 6.92 Å². The molecule has 0 aromatic carbocycles. The second-order valence-corrected chi connectivity index (χ2v) is 4.03. The molecule has 15 heavy (non-hydrogen) atoms. The topological polar surface area (TPSA) is 69.6 Å². The molecule has 78 valence electrons. The fourth-order valence-electron chi connectivity index (χ4n) is 1.44. The van der Waals surface area contributed by atoms with Crippen LogP contribution in [0.15, 0.2) is 16.9 Å². The van der Waals surface area contributed by atoms with Gasteiger partial charge in [-0.1, -0.05) is 5.21 Å². The molecular weight excluding hydrogens is 258 g/mol. The molecule has 0 fully saturated rings. The molecule has 0 atom stereocenters. The summed E-state index contributed by atoms with van der Waals surface area (Å²) in [7, 11) is 1.84. The van der Waals surface area contributed by atoms with Gasteiger partial charge in [0.25, 0.3) is 0 Å². The van der Waals surface area contributed by atoms with E-state index in [9.17, 15) is 0 Å². The van der Waals surface area contributed by atoms with Gasteiger partial charge in [-0.25, -0.2) is 9.67 Å². The van der Waals surface area contributed by atoms with Crippen LogP contribution in [-0.2, 0) is 7.05 Å². The summed E-state index contributed by atoms with van der Waals surface area (Å²) in [5, 5.41) is 7.84. The Hall–Kier alpha value is -1.43. The molecule has 0 radical (unpaired) electrons. The predicted octanol–water partition coefficient (Wildman–Crippen LogP) is 1.53. The van der Waals surface area contributed by atoms with E-state index in [1.54, 1.807) is 10.9 Å². The lowest BCUT2D eigenvalue weighted by Crippen LogP contribution is -1.98. The van der Waals surface area contributed by atoms with Crippen molar-refractivity contribution < 1.29 is 0 Å². The lowest BCUT2D eigenvalue weighted by atomic mass is 10.1. The Balaban J connectivity index is 2.64. The van der Waals surface area contributed by atoms with Gasteiger partial charge in [-0.3, -0.25) is 0 Å². The van der Waals surface area contributed by atoms with Crippen molar-refractivity contribution in [3.8, 4) is 11.3 Å². The van der Waals surface area contributed by atoms with Crippen LogP contribution in [0.2, 0.25) is 0 Å². The summed E-state index contributed by atoms with van der Waals surface area (Å²) >= 11 is 3.35. The van der Waals surface area contributed by atoms with Gasteiger partial charge < -0.3 is 5.73 Å². The Morgan fingerprint density at radius 2 is 2.20 bits per heavy atom. The standard InChI is InChI=1S/C9H10BrN5/c1-5-3-7(11)12-4-6(5)8-9(10)13-14-15(8)2/h3-4H,1-2H3,(H2,11,12). The van der Waals surface area contributed by atoms with Gasteiger partial charge in [0.1, 0.15) is 11.5 Å². The van der Waals surface area contributed by atoms with E-state index in [-0.39, 0.29) is 0 Å². The van der Waals surface area contributed by atoms with Crippen LogP contribution >= 0.6 is 15.9 Å². The maximum atomic E-state index is 5.60. The largest absolute Gasteiger partial charge is 0.384 e. The number of halogens is 1. The average Bonchev–Trinajstić information content (AvgIpc) is 2.48. The van der Waals surface area contributed by atoms with E-state index in [1.165, 1.54) is 0 Å². The molecule has 5 nitrogen and oxygen atoms in total. The summed E-state index contributed by atoms with van der Waals surface area (Å²) in [4.78, 5) is 4.07. The van der Waals surface area contributed by atoms with Crippen molar-refractivity contribution in [2.75, 3.05) is 5.73 Å². The monoisotopic (exact) mass is 267 g/mol. The third kappa shape index (κ3) is 1.72. The van der Waals surface area contributed by atoms with Crippen molar-refractivity contribution in [1.29, 1.82) is 0 Å². The third-order valence-corrected chi connectivity index (χ3v) is 2.71. The Morgan fingerprint density at radius 3 is 2.73 bits per heavy atom. The zero-order chi connectivity index (χ0) is 11.0. The molecular formula is C9H10BrN5. The number of aromatic nitrogens is 4. The van der Waals surface area contributed by atoms with Gasteiger partial charge >= 0.3 is 0 Å². The van der Waals surface area contributed by atoms with Crippen molar-refractivity contribution in [1.82, 2.24) is 20.0 Å². The first-order valence-corrected chi connectivity index (χ1v) is 5.16. The van der Waals surface area contributed by atoms with Crippen molar-refractivity contribution in [2.24, 2.45) is 7.05 Å². The molecule has 0 saturated carbocycles. The van der Waals surface area contributed by atoms with Gasteiger partial charge in [0.15, 0.2) is 4.60 Å². The summed E-state index contributed by atoms with van der Waals surface area (Å²) in [5.74, 6) is 0.516.